The Labute approximate surface area is 172 Å². The number of hydrogen-bond donors (Lipinski definition) is 1. The second kappa shape index (κ2) is 8.44. The Morgan fingerprint density at radius 1 is 1.03 bits per heavy atom. The lowest BCUT2D eigenvalue weighted by Crippen LogP contribution is -2.33. The molecule has 1 saturated heterocycles. The predicted octanol–water partition coefficient (Wildman–Crippen LogP) is 4.75. The molecule has 1 fully saturated rings. The topological polar surface area (TPSA) is 45.2 Å². The molecule has 0 bridgehead atoms. The maximum Gasteiger partial charge on any atom is 0.416 e. The largest absolute Gasteiger partial charge is 0.416 e. The first kappa shape index (κ1) is 20.3. The van der Waals surface area contributed by atoms with Crippen molar-refractivity contribution < 1.29 is 18.0 Å². The van der Waals surface area contributed by atoms with Gasteiger partial charge in [-0.15, -0.1) is 0 Å². The van der Waals surface area contributed by atoms with Gasteiger partial charge in [0.2, 0.25) is 0 Å². The van der Waals surface area contributed by atoms with Gasteiger partial charge in [-0.05, 0) is 49.7 Å². The van der Waals surface area contributed by atoms with E-state index in [4.69, 9.17) is 0 Å². The van der Waals surface area contributed by atoms with Crippen LogP contribution in [-0.2, 0) is 6.18 Å². The molecule has 2 heterocycles. The second-order valence-electron chi connectivity index (χ2n) is 7.46. The summed E-state index contributed by atoms with van der Waals surface area (Å²) in [5.74, 6) is -0.282. The Hall–Kier alpha value is -2.93. The third-order valence-corrected chi connectivity index (χ3v) is 5.37. The van der Waals surface area contributed by atoms with Gasteiger partial charge in [0.15, 0.2) is 0 Å². The van der Waals surface area contributed by atoms with E-state index in [0.29, 0.717) is 23.2 Å². The van der Waals surface area contributed by atoms with E-state index in [1.807, 2.05) is 6.07 Å². The first-order valence-electron chi connectivity index (χ1n) is 10.00. The SMILES string of the molecule is O=C(NCCN1CCCC1)c1ccc2cccc(-c3cccc(C(F)(F)F)c3)c2n1. The maximum atomic E-state index is 13.1. The number of carbonyl (C=O) groups is 1. The van der Waals surface area contributed by atoms with Crippen LogP contribution >= 0.6 is 0 Å². The zero-order valence-corrected chi connectivity index (χ0v) is 16.4. The Bertz CT molecular complexity index is 1060. The average molecular weight is 413 g/mol. The van der Waals surface area contributed by atoms with Crippen LogP contribution in [0.25, 0.3) is 22.0 Å². The molecule has 0 spiro atoms. The number of benzene rings is 2. The summed E-state index contributed by atoms with van der Waals surface area (Å²) in [7, 11) is 0. The van der Waals surface area contributed by atoms with Crippen molar-refractivity contribution in [3.8, 4) is 11.1 Å². The smallest absolute Gasteiger partial charge is 0.349 e. The van der Waals surface area contributed by atoms with Crippen molar-refractivity contribution in [2.45, 2.75) is 19.0 Å². The molecule has 4 rings (SSSR count). The van der Waals surface area contributed by atoms with Crippen molar-refractivity contribution in [1.82, 2.24) is 15.2 Å². The number of hydrogen-bond acceptors (Lipinski definition) is 3. The van der Waals surface area contributed by atoms with Crippen LogP contribution in [0.4, 0.5) is 13.2 Å². The standard InChI is InChI=1S/C23H22F3N3O/c24-23(25,26)18-7-3-6-17(15-18)19-8-4-5-16-9-10-20(28-21(16)19)22(30)27-11-14-29-12-1-2-13-29/h3-10,15H,1-2,11-14H2,(H,27,30). The first-order valence-corrected chi connectivity index (χ1v) is 10.00. The number of fused-ring (bicyclic) bond motifs is 1. The number of nitrogens with zero attached hydrogens (tertiary/aromatic N) is 2. The number of pyridine rings is 1. The van der Waals surface area contributed by atoms with Crippen LogP contribution in [-0.4, -0.2) is 42.0 Å². The Kier molecular flexibility index (Phi) is 5.72. The third kappa shape index (κ3) is 4.46. The van der Waals surface area contributed by atoms with Crippen LogP contribution in [0.1, 0.15) is 28.9 Å². The fraction of sp³-hybridized carbons (Fsp3) is 0.304. The zero-order valence-electron chi connectivity index (χ0n) is 16.4. The van der Waals surface area contributed by atoms with Gasteiger partial charge in [-0.25, -0.2) is 4.98 Å². The predicted molar refractivity (Wildman–Crippen MR) is 110 cm³/mol. The number of para-hydroxylation sites is 1. The summed E-state index contributed by atoms with van der Waals surface area (Å²) in [6.07, 6.45) is -2.04. The number of aromatic nitrogens is 1. The van der Waals surface area contributed by atoms with Gasteiger partial charge in [-0.3, -0.25) is 4.79 Å². The number of halogens is 3. The van der Waals surface area contributed by atoms with E-state index in [1.54, 1.807) is 30.3 Å². The molecule has 0 radical (unpaired) electrons. The normalized spacial score (nSPS) is 14.9. The molecule has 30 heavy (non-hydrogen) atoms. The Morgan fingerprint density at radius 2 is 1.80 bits per heavy atom. The van der Waals surface area contributed by atoms with Crippen LogP contribution in [0.3, 0.4) is 0 Å². The van der Waals surface area contributed by atoms with Crippen molar-refractivity contribution in [2.24, 2.45) is 0 Å². The third-order valence-electron chi connectivity index (χ3n) is 5.37. The van der Waals surface area contributed by atoms with Gasteiger partial charge >= 0.3 is 6.18 Å². The van der Waals surface area contributed by atoms with Gasteiger partial charge in [0.05, 0.1) is 11.1 Å². The number of amides is 1. The number of carbonyl (C=O) groups excluding carboxylic acids is 1. The molecule has 4 nitrogen and oxygen atoms in total. The molecule has 1 aromatic heterocycles. The molecular formula is C23H22F3N3O. The minimum Gasteiger partial charge on any atom is -0.349 e. The van der Waals surface area contributed by atoms with E-state index in [0.717, 1.165) is 37.2 Å². The number of alkyl halides is 3. The lowest BCUT2D eigenvalue weighted by Gasteiger charge is -2.15. The molecule has 156 valence electrons. The monoisotopic (exact) mass is 413 g/mol. The van der Waals surface area contributed by atoms with Crippen molar-refractivity contribution in [2.75, 3.05) is 26.2 Å². The van der Waals surface area contributed by atoms with Crippen LogP contribution in [0.15, 0.2) is 54.6 Å². The summed E-state index contributed by atoms with van der Waals surface area (Å²) in [4.78, 5) is 19.3. The van der Waals surface area contributed by atoms with E-state index in [1.165, 1.54) is 18.9 Å². The lowest BCUT2D eigenvalue weighted by atomic mass is 9.99. The zero-order chi connectivity index (χ0) is 21.1. The molecule has 3 aromatic rings. The van der Waals surface area contributed by atoms with Crippen molar-refractivity contribution in [1.29, 1.82) is 0 Å². The lowest BCUT2D eigenvalue weighted by molar-refractivity contribution is -0.137. The van der Waals surface area contributed by atoms with Gasteiger partial charge in [-0.2, -0.15) is 13.2 Å². The van der Waals surface area contributed by atoms with Crippen molar-refractivity contribution in [3.63, 3.8) is 0 Å². The fourth-order valence-corrected chi connectivity index (χ4v) is 3.79. The van der Waals surface area contributed by atoms with Crippen LogP contribution in [0.5, 0.6) is 0 Å². The van der Waals surface area contributed by atoms with Crippen LogP contribution in [0.2, 0.25) is 0 Å². The van der Waals surface area contributed by atoms with E-state index >= 15 is 0 Å². The molecule has 0 atom stereocenters. The second-order valence-corrected chi connectivity index (χ2v) is 7.46. The summed E-state index contributed by atoms with van der Waals surface area (Å²) in [6, 6.07) is 13.9. The van der Waals surface area contributed by atoms with Crippen molar-refractivity contribution in [3.05, 3.63) is 65.9 Å². The fourth-order valence-electron chi connectivity index (χ4n) is 3.79. The van der Waals surface area contributed by atoms with Crippen LogP contribution in [0, 0.1) is 0 Å². The number of nitrogens with one attached hydrogen (secondary N) is 1. The van der Waals surface area contributed by atoms with Gasteiger partial charge in [0.1, 0.15) is 5.69 Å². The molecule has 1 aliphatic heterocycles. The molecule has 1 amide bonds. The summed E-state index contributed by atoms with van der Waals surface area (Å²) in [6.45, 7) is 3.46. The van der Waals surface area contributed by atoms with Gasteiger partial charge in [0.25, 0.3) is 5.91 Å². The molecule has 0 unspecified atom stereocenters. The molecule has 1 aliphatic rings. The van der Waals surface area contributed by atoms with E-state index in [-0.39, 0.29) is 11.6 Å². The molecular weight excluding hydrogens is 391 g/mol. The summed E-state index contributed by atoms with van der Waals surface area (Å²) in [5.41, 5.74) is 1.01. The van der Waals surface area contributed by atoms with E-state index in [9.17, 15) is 18.0 Å². The highest BCUT2D eigenvalue weighted by atomic mass is 19.4. The minimum absolute atomic E-state index is 0.253. The van der Waals surface area contributed by atoms with Gasteiger partial charge < -0.3 is 10.2 Å². The van der Waals surface area contributed by atoms with Crippen LogP contribution < -0.4 is 5.32 Å². The summed E-state index contributed by atoms with van der Waals surface area (Å²) in [5, 5.41) is 3.65. The highest BCUT2D eigenvalue weighted by Gasteiger charge is 2.30. The first-order chi connectivity index (χ1) is 14.4. The van der Waals surface area contributed by atoms with Crippen molar-refractivity contribution >= 4 is 16.8 Å². The number of rotatable bonds is 5. The average Bonchev–Trinajstić information content (AvgIpc) is 3.26. The van der Waals surface area contributed by atoms with E-state index < -0.39 is 11.7 Å². The molecule has 0 aliphatic carbocycles. The Balaban J connectivity index is 1.60. The molecule has 1 N–H and O–H groups in total. The molecule has 2 aromatic carbocycles. The summed E-state index contributed by atoms with van der Waals surface area (Å²) < 4.78 is 39.4. The van der Waals surface area contributed by atoms with E-state index in [2.05, 4.69) is 15.2 Å². The molecule has 0 saturated carbocycles. The van der Waals surface area contributed by atoms with Gasteiger partial charge in [0, 0.05) is 24.0 Å². The highest BCUT2D eigenvalue weighted by Crippen LogP contribution is 2.34. The number of likely N-dealkylation sites (tertiary alicyclic amines) is 1. The quantitative estimate of drug-likeness (QED) is 0.657. The molecule has 7 heteroatoms. The minimum atomic E-state index is -4.42. The van der Waals surface area contributed by atoms with Gasteiger partial charge in [-0.1, -0.05) is 36.4 Å². The summed E-state index contributed by atoms with van der Waals surface area (Å²) >= 11 is 0. The maximum absolute atomic E-state index is 13.1. The highest BCUT2D eigenvalue weighted by molar-refractivity contribution is 5.99. The Morgan fingerprint density at radius 3 is 2.57 bits per heavy atom.